The van der Waals surface area contributed by atoms with E-state index in [2.05, 4.69) is 44.5 Å². The monoisotopic (exact) mass is 196 g/mol. The summed E-state index contributed by atoms with van der Waals surface area (Å²) in [6.45, 7) is 15.5. The van der Waals surface area contributed by atoms with Crippen LogP contribution in [-0.2, 0) is 0 Å². The molecule has 0 aromatic heterocycles. The van der Waals surface area contributed by atoms with Crippen LogP contribution in [0, 0.1) is 5.41 Å². The number of hydrogen-bond donors (Lipinski definition) is 1. The highest BCUT2D eigenvalue weighted by molar-refractivity contribution is 5.13. The molecule has 14 heavy (non-hydrogen) atoms. The van der Waals surface area contributed by atoms with E-state index in [0.717, 1.165) is 13.1 Å². The highest BCUT2D eigenvalue weighted by Gasteiger charge is 2.33. The lowest BCUT2D eigenvalue weighted by molar-refractivity contribution is 0.292. The Morgan fingerprint density at radius 1 is 1.43 bits per heavy atom. The molecule has 1 fully saturated rings. The van der Waals surface area contributed by atoms with E-state index in [1.165, 1.54) is 12.1 Å². The molecule has 0 aromatic carbocycles. The van der Waals surface area contributed by atoms with Crippen LogP contribution in [0.4, 0.5) is 0 Å². The summed E-state index contributed by atoms with van der Waals surface area (Å²) in [6, 6.07) is 0. The van der Waals surface area contributed by atoms with Crippen LogP contribution in [-0.4, -0.2) is 30.6 Å². The van der Waals surface area contributed by atoms with Crippen LogP contribution in [0.3, 0.4) is 0 Å². The molecule has 0 atom stereocenters. The fourth-order valence-electron chi connectivity index (χ4n) is 1.88. The molecule has 2 heteroatoms. The van der Waals surface area contributed by atoms with Crippen LogP contribution in [0.1, 0.15) is 34.1 Å². The Morgan fingerprint density at radius 2 is 2.00 bits per heavy atom. The number of likely N-dealkylation sites (tertiary alicyclic amines) is 1. The maximum absolute atomic E-state index is 4.21. The van der Waals surface area contributed by atoms with Gasteiger partial charge in [0.15, 0.2) is 0 Å². The lowest BCUT2D eigenvalue weighted by atomic mass is 9.93. The van der Waals surface area contributed by atoms with Crippen LogP contribution in [0.25, 0.3) is 0 Å². The van der Waals surface area contributed by atoms with Crippen molar-refractivity contribution in [2.75, 3.05) is 20.1 Å². The Hall–Kier alpha value is -0.500. The summed E-state index contributed by atoms with van der Waals surface area (Å²) in [5.74, 6) is 0. The Labute approximate surface area is 88.4 Å². The second-order valence-electron chi connectivity index (χ2n) is 5.66. The van der Waals surface area contributed by atoms with Gasteiger partial charge in [-0.3, -0.25) is 0 Å². The summed E-state index contributed by atoms with van der Waals surface area (Å²) in [4.78, 5) is 2.41. The van der Waals surface area contributed by atoms with Crippen LogP contribution < -0.4 is 5.32 Å². The van der Waals surface area contributed by atoms with Crippen molar-refractivity contribution < 1.29 is 0 Å². The van der Waals surface area contributed by atoms with Crippen LogP contribution in [0.2, 0.25) is 0 Å². The van der Waals surface area contributed by atoms with Gasteiger partial charge >= 0.3 is 0 Å². The molecule has 0 saturated carbocycles. The highest BCUT2D eigenvalue weighted by Crippen LogP contribution is 2.33. The largest absolute Gasteiger partial charge is 0.373 e. The van der Waals surface area contributed by atoms with Crippen molar-refractivity contribution in [3.05, 3.63) is 12.3 Å². The van der Waals surface area contributed by atoms with Crippen LogP contribution in [0.5, 0.6) is 0 Å². The Bertz CT molecular complexity index is 228. The summed E-state index contributed by atoms with van der Waals surface area (Å²) < 4.78 is 0. The molecule has 0 radical (unpaired) electrons. The molecule has 2 nitrogen and oxygen atoms in total. The minimum atomic E-state index is 0.0143. The first-order chi connectivity index (χ1) is 6.28. The predicted molar refractivity (Wildman–Crippen MR) is 62.2 cm³/mol. The van der Waals surface area contributed by atoms with Crippen molar-refractivity contribution in [2.45, 2.75) is 39.7 Å². The van der Waals surface area contributed by atoms with Crippen molar-refractivity contribution >= 4 is 0 Å². The van der Waals surface area contributed by atoms with E-state index < -0.39 is 0 Å². The molecule has 82 valence electrons. The zero-order chi connectivity index (χ0) is 11.0. The molecule has 0 amide bonds. The number of likely N-dealkylation sites (N-methyl/N-ethyl adjacent to an activating group) is 1. The highest BCUT2D eigenvalue weighted by atomic mass is 15.2. The first-order valence-electron chi connectivity index (χ1n) is 5.42. The minimum Gasteiger partial charge on any atom is -0.373 e. The summed E-state index contributed by atoms with van der Waals surface area (Å²) in [5, 5.41) is 3.30. The van der Waals surface area contributed by atoms with E-state index in [1.807, 2.05) is 7.05 Å². The van der Waals surface area contributed by atoms with Gasteiger partial charge in [-0.05, 0) is 32.7 Å². The molecular weight excluding hydrogens is 172 g/mol. The molecule has 1 rings (SSSR count). The molecule has 1 N–H and O–H groups in total. The van der Waals surface area contributed by atoms with Gasteiger partial charge in [0.05, 0.1) is 5.54 Å². The Morgan fingerprint density at radius 3 is 2.36 bits per heavy atom. The quantitative estimate of drug-likeness (QED) is 0.744. The van der Waals surface area contributed by atoms with E-state index in [9.17, 15) is 0 Å². The lowest BCUT2D eigenvalue weighted by Crippen LogP contribution is -2.44. The zero-order valence-electron chi connectivity index (χ0n) is 10.3. The van der Waals surface area contributed by atoms with E-state index in [1.54, 1.807) is 0 Å². The maximum atomic E-state index is 4.21. The summed E-state index contributed by atoms with van der Waals surface area (Å²) in [5.41, 5.74) is 1.68. The van der Waals surface area contributed by atoms with Crippen molar-refractivity contribution in [3.8, 4) is 0 Å². The topological polar surface area (TPSA) is 15.3 Å². The van der Waals surface area contributed by atoms with Gasteiger partial charge in [-0.15, -0.1) is 0 Å². The second kappa shape index (κ2) is 3.58. The van der Waals surface area contributed by atoms with Crippen molar-refractivity contribution in [1.82, 2.24) is 10.2 Å². The van der Waals surface area contributed by atoms with Gasteiger partial charge in [0.25, 0.3) is 0 Å². The third kappa shape index (κ3) is 2.30. The smallest absolute Gasteiger partial charge is 0.0519 e. The summed E-state index contributed by atoms with van der Waals surface area (Å²) in [6.07, 6.45) is 1.27. The summed E-state index contributed by atoms with van der Waals surface area (Å²) >= 11 is 0. The normalized spacial score (nSPS) is 21.4. The van der Waals surface area contributed by atoms with Gasteiger partial charge in [-0.25, -0.2) is 0 Å². The van der Waals surface area contributed by atoms with Gasteiger partial charge in [0, 0.05) is 18.8 Å². The lowest BCUT2D eigenvalue weighted by Gasteiger charge is -2.34. The SMILES string of the molecule is C=C(N1CCC(C)(C)C1)C(C)(C)NC. The summed E-state index contributed by atoms with van der Waals surface area (Å²) in [7, 11) is 1.99. The second-order valence-corrected chi connectivity index (χ2v) is 5.66. The van der Waals surface area contributed by atoms with Crippen LogP contribution in [0.15, 0.2) is 12.3 Å². The molecular formula is C12H24N2. The number of nitrogens with one attached hydrogen (secondary N) is 1. The maximum Gasteiger partial charge on any atom is 0.0519 e. The molecule has 0 aliphatic carbocycles. The first-order valence-corrected chi connectivity index (χ1v) is 5.42. The molecule has 1 aliphatic rings. The fraction of sp³-hybridized carbons (Fsp3) is 0.833. The van der Waals surface area contributed by atoms with E-state index >= 15 is 0 Å². The number of rotatable bonds is 3. The molecule has 1 aliphatic heterocycles. The van der Waals surface area contributed by atoms with Gasteiger partial charge < -0.3 is 10.2 Å². The van der Waals surface area contributed by atoms with E-state index in [-0.39, 0.29) is 5.54 Å². The fourth-order valence-corrected chi connectivity index (χ4v) is 1.88. The van der Waals surface area contributed by atoms with Crippen molar-refractivity contribution in [2.24, 2.45) is 5.41 Å². The minimum absolute atomic E-state index is 0.0143. The molecule has 0 bridgehead atoms. The van der Waals surface area contributed by atoms with Gasteiger partial charge in [-0.2, -0.15) is 0 Å². The van der Waals surface area contributed by atoms with Gasteiger partial charge in [0.1, 0.15) is 0 Å². The van der Waals surface area contributed by atoms with E-state index in [0.29, 0.717) is 5.41 Å². The van der Waals surface area contributed by atoms with Crippen molar-refractivity contribution in [3.63, 3.8) is 0 Å². The molecule has 0 unspecified atom stereocenters. The van der Waals surface area contributed by atoms with Gasteiger partial charge in [0.2, 0.25) is 0 Å². The van der Waals surface area contributed by atoms with Gasteiger partial charge in [-0.1, -0.05) is 20.4 Å². The third-order valence-electron chi connectivity index (χ3n) is 3.41. The molecule has 1 heterocycles. The predicted octanol–water partition coefficient (Wildman–Crippen LogP) is 2.23. The first kappa shape index (κ1) is 11.6. The average Bonchev–Trinajstić information content (AvgIpc) is 2.44. The Balaban J connectivity index is 2.65. The molecule has 0 aromatic rings. The molecule has 1 saturated heterocycles. The average molecular weight is 196 g/mol. The molecule has 0 spiro atoms. The van der Waals surface area contributed by atoms with E-state index in [4.69, 9.17) is 0 Å². The zero-order valence-corrected chi connectivity index (χ0v) is 10.3. The number of nitrogens with zero attached hydrogens (tertiary/aromatic N) is 1. The standard InChI is InChI=1S/C12H24N2/c1-10(12(4,5)13-6)14-8-7-11(2,3)9-14/h13H,1,7-9H2,2-6H3. The third-order valence-corrected chi connectivity index (χ3v) is 3.41. The van der Waals surface area contributed by atoms with Crippen molar-refractivity contribution in [1.29, 1.82) is 0 Å². The number of hydrogen-bond acceptors (Lipinski definition) is 2. The Kier molecular flexibility index (Phi) is 2.96. The van der Waals surface area contributed by atoms with Crippen LogP contribution >= 0.6 is 0 Å².